The number of likely N-dealkylation sites (N-methyl/N-ethyl adjacent to an activating group) is 1. The Kier molecular flexibility index (Phi) is 4.83. The summed E-state index contributed by atoms with van der Waals surface area (Å²) in [5, 5.41) is 3.30. The Bertz CT molecular complexity index is 291. The van der Waals surface area contributed by atoms with Crippen molar-refractivity contribution in [2.45, 2.75) is 33.1 Å². The summed E-state index contributed by atoms with van der Waals surface area (Å²) in [5.74, 6) is 1.40. The van der Waals surface area contributed by atoms with Crippen LogP contribution in [0.1, 0.15) is 37.3 Å². The first-order chi connectivity index (χ1) is 7.15. The molecule has 1 unspecified atom stereocenters. The average Bonchev–Trinajstić information content (AvgIpc) is 2.17. The molecule has 1 rings (SSSR count). The number of benzene rings is 1. The lowest BCUT2D eigenvalue weighted by Gasteiger charge is -2.21. The third kappa shape index (κ3) is 3.67. The molecule has 1 aromatic rings. The van der Waals surface area contributed by atoms with Crippen LogP contribution in [0, 0.1) is 12.8 Å². The number of aryl methyl sites for hydroxylation is 1. The van der Waals surface area contributed by atoms with Crippen LogP contribution in [-0.2, 0) is 0 Å². The van der Waals surface area contributed by atoms with Crippen molar-refractivity contribution >= 4 is 0 Å². The molecule has 0 spiro atoms. The lowest BCUT2D eigenvalue weighted by molar-refractivity contribution is 0.482. The summed E-state index contributed by atoms with van der Waals surface area (Å²) in [5.41, 5.74) is 2.92. The van der Waals surface area contributed by atoms with Crippen molar-refractivity contribution in [3.63, 3.8) is 0 Å². The molecule has 0 saturated carbocycles. The molecule has 1 atom stereocenters. The SMILES string of the molecule is CNCC(CC(C)C)c1ccccc1C. The van der Waals surface area contributed by atoms with Crippen LogP contribution in [0.5, 0.6) is 0 Å². The van der Waals surface area contributed by atoms with Crippen molar-refractivity contribution in [3.8, 4) is 0 Å². The Morgan fingerprint density at radius 3 is 2.40 bits per heavy atom. The molecule has 1 aromatic carbocycles. The van der Waals surface area contributed by atoms with Crippen molar-refractivity contribution in [3.05, 3.63) is 35.4 Å². The zero-order valence-electron chi connectivity index (χ0n) is 10.4. The van der Waals surface area contributed by atoms with E-state index in [1.807, 2.05) is 7.05 Å². The van der Waals surface area contributed by atoms with E-state index in [1.165, 1.54) is 17.5 Å². The van der Waals surface area contributed by atoms with Crippen LogP contribution in [0.2, 0.25) is 0 Å². The average molecular weight is 205 g/mol. The van der Waals surface area contributed by atoms with E-state index in [-0.39, 0.29) is 0 Å². The molecule has 0 amide bonds. The third-order valence-corrected chi connectivity index (χ3v) is 2.83. The summed E-state index contributed by atoms with van der Waals surface area (Å²) in [7, 11) is 2.03. The molecule has 0 aliphatic heterocycles. The summed E-state index contributed by atoms with van der Waals surface area (Å²) < 4.78 is 0. The predicted octanol–water partition coefficient (Wildman–Crippen LogP) is 3.34. The van der Waals surface area contributed by atoms with Crippen LogP contribution in [0.4, 0.5) is 0 Å². The highest BCUT2D eigenvalue weighted by Gasteiger charge is 2.13. The molecular formula is C14H23N. The van der Waals surface area contributed by atoms with Crippen molar-refractivity contribution in [2.75, 3.05) is 13.6 Å². The first-order valence-electron chi connectivity index (χ1n) is 5.85. The Labute approximate surface area is 93.9 Å². The highest BCUT2D eigenvalue weighted by molar-refractivity contribution is 5.29. The van der Waals surface area contributed by atoms with Crippen LogP contribution in [0.25, 0.3) is 0 Å². The zero-order valence-corrected chi connectivity index (χ0v) is 10.4. The Morgan fingerprint density at radius 1 is 1.20 bits per heavy atom. The van der Waals surface area contributed by atoms with Gasteiger partial charge in [-0.2, -0.15) is 0 Å². The lowest BCUT2D eigenvalue weighted by atomic mass is 9.88. The van der Waals surface area contributed by atoms with Crippen LogP contribution < -0.4 is 5.32 Å². The van der Waals surface area contributed by atoms with E-state index in [4.69, 9.17) is 0 Å². The molecule has 0 bridgehead atoms. The number of hydrogen-bond donors (Lipinski definition) is 1. The molecule has 0 saturated heterocycles. The topological polar surface area (TPSA) is 12.0 Å². The fourth-order valence-electron chi connectivity index (χ4n) is 2.18. The van der Waals surface area contributed by atoms with Gasteiger partial charge in [0.2, 0.25) is 0 Å². The highest BCUT2D eigenvalue weighted by Crippen LogP contribution is 2.25. The van der Waals surface area contributed by atoms with Gasteiger partial charge in [-0.05, 0) is 43.4 Å². The number of rotatable bonds is 5. The monoisotopic (exact) mass is 205 g/mol. The van der Waals surface area contributed by atoms with Crippen LogP contribution in [0.3, 0.4) is 0 Å². The number of hydrogen-bond acceptors (Lipinski definition) is 1. The van der Waals surface area contributed by atoms with E-state index in [1.54, 1.807) is 0 Å². The number of nitrogens with one attached hydrogen (secondary N) is 1. The Hall–Kier alpha value is -0.820. The van der Waals surface area contributed by atoms with Gasteiger partial charge in [0.25, 0.3) is 0 Å². The fraction of sp³-hybridized carbons (Fsp3) is 0.571. The van der Waals surface area contributed by atoms with Gasteiger partial charge < -0.3 is 5.32 Å². The summed E-state index contributed by atoms with van der Waals surface area (Å²) in [6.45, 7) is 7.86. The van der Waals surface area contributed by atoms with Crippen molar-refractivity contribution < 1.29 is 0 Å². The van der Waals surface area contributed by atoms with Crippen molar-refractivity contribution in [1.29, 1.82) is 0 Å². The second-order valence-corrected chi connectivity index (χ2v) is 4.74. The maximum absolute atomic E-state index is 3.30. The molecule has 0 aromatic heterocycles. The van der Waals surface area contributed by atoms with Crippen LogP contribution >= 0.6 is 0 Å². The molecule has 1 heteroatoms. The quantitative estimate of drug-likeness (QED) is 0.777. The van der Waals surface area contributed by atoms with Gasteiger partial charge in [-0.3, -0.25) is 0 Å². The van der Waals surface area contributed by atoms with Gasteiger partial charge in [0.05, 0.1) is 0 Å². The predicted molar refractivity (Wildman–Crippen MR) is 67.3 cm³/mol. The molecule has 0 heterocycles. The van der Waals surface area contributed by atoms with Gasteiger partial charge in [-0.25, -0.2) is 0 Å². The van der Waals surface area contributed by atoms with Gasteiger partial charge in [0.15, 0.2) is 0 Å². The molecule has 1 nitrogen and oxygen atoms in total. The van der Waals surface area contributed by atoms with E-state index in [2.05, 4.69) is 50.4 Å². The summed E-state index contributed by atoms with van der Waals surface area (Å²) >= 11 is 0. The van der Waals surface area contributed by atoms with E-state index in [0.29, 0.717) is 5.92 Å². The van der Waals surface area contributed by atoms with Gasteiger partial charge in [0, 0.05) is 6.54 Å². The maximum atomic E-state index is 3.30. The maximum Gasteiger partial charge on any atom is 0.00173 e. The minimum Gasteiger partial charge on any atom is -0.319 e. The largest absolute Gasteiger partial charge is 0.319 e. The van der Waals surface area contributed by atoms with Crippen LogP contribution in [-0.4, -0.2) is 13.6 Å². The molecule has 15 heavy (non-hydrogen) atoms. The molecule has 0 radical (unpaired) electrons. The third-order valence-electron chi connectivity index (χ3n) is 2.83. The Balaban J connectivity index is 2.83. The van der Waals surface area contributed by atoms with Gasteiger partial charge in [0.1, 0.15) is 0 Å². The molecule has 0 fully saturated rings. The molecular weight excluding hydrogens is 182 g/mol. The molecule has 0 aliphatic carbocycles. The van der Waals surface area contributed by atoms with Crippen LogP contribution in [0.15, 0.2) is 24.3 Å². The second kappa shape index (κ2) is 5.92. The Morgan fingerprint density at radius 2 is 1.87 bits per heavy atom. The molecule has 84 valence electrons. The summed E-state index contributed by atoms with van der Waals surface area (Å²) in [6, 6.07) is 8.73. The van der Waals surface area contributed by atoms with Gasteiger partial charge in [-0.1, -0.05) is 38.1 Å². The fourth-order valence-corrected chi connectivity index (χ4v) is 2.18. The lowest BCUT2D eigenvalue weighted by Crippen LogP contribution is -2.19. The minimum absolute atomic E-state index is 0.649. The van der Waals surface area contributed by atoms with Crippen molar-refractivity contribution in [2.24, 2.45) is 5.92 Å². The molecule has 0 aliphatic rings. The summed E-state index contributed by atoms with van der Waals surface area (Å²) in [4.78, 5) is 0. The van der Waals surface area contributed by atoms with Crippen molar-refractivity contribution in [1.82, 2.24) is 5.32 Å². The zero-order chi connectivity index (χ0) is 11.3. The van der Waals surface area contributed by atoms with E-state index < -0.39 is 0 Å². The van der Waals surface area contributed by atoms with Gasteiger partial charge in [-0.15, -0.1) is 0 Å². The van der Waals surface area contributed by atoms with E-state index in [0.717, 1.165) is 12.5 Å². The normalized spacial score (nSPS) is 13.1. The van der Waals surface area contributed by atoms with Gasteiger partial charge >= 0.3 is 0 Å². The smallest absolute Gasteiger partial charge is 0.00173 e. The standard InChI is InChI=1S/C14H23N/c1-11(2)9-13(10-15-4)14-8-6-5-7-12(14)3/h5-8,11,13,15H,9-10H2,1-4H3. The minimum atomic E-state index is 0.649. The highest BCUT2D eigenvalue weighted by atomic mass is 14.8. The summed E-state index contributed by atoms with van der Waals surface area (Å²) in [6.07, 6.45) is 1.26. The first kappa shape index (κ1) is 12.3. The second-order valence-electron chi connectivity index (χ2n) is 4.74. The van der Waals surface area contributed by atoms with E-state index >= 15 is 0 Å². The first-order valence-corrected chi connectivity index (χ1v) is 5.85. The molecule has 1 N–H and O–H groups in total. The van der Waals surface area contributed by atoms with E-state index in [9.17, 15) is 0 Å².